The Bertz CT molecular complexity index is 146. The summed E-state index contributed by atoms with van der Waals surface area (Å²) in [5, 5.41) is 0. The van der Waals surface area contributed by atoms with Crippen LogP contribution < -0.4 is 0 Å². The number of hydrogen-bond donors (Lipinski definition) is 0. The van der Waals surface area contributed by atoms with E-state index in [4.69, 9.17) is 4.74 Å². The molecule has 75 valence electrons. The highest BCUT2D eigenvalue weighted by molar-refractivity contribution is 5.78. The molecule has 0 aromatic rings. The van der Waals surface area contributed by atoms with Crippen LogP contribution in [0.5, 0.6) is 0 Å². The summed E-state index contributed by atoms with van der Waals surface area (Å²) in [6, 6.07) is 0. The van der Waals surface area contributed by atoms with Gasteiger partial charge in [0.25, 0.3) is 0 Å². The third-order valence-electron chi connectivity index (χ3n) is 1.55. The Balaban J connectivity index is 3.33. The number of ketones is 1. The molecule has 0 saturated carbocycles. The monoisotopic (exact) mass is 185 g/mol. The van der Waals surface area contributed by atoms with Gasteiger partial charge in [-0.2, -0.15) is 0 Å². The molecule has 0 unspecified atom stereocenters. The molecule has 0 heterocycles. The third kappa shape index (κ3) is 7.50. The van der Waals surface area contributed by atoms with Crippen LogP contribution in [0.2, 0.25) is 0 Å². The van der Waals surface area contributed by atoms with Gasteiger partial charge in [0, 0.05) is 19.3 Å². The van der Waals surface area contributed by atoms with E-state index in [0.717, 1.165) is 6.42 Å². The summed E-state index contributed by atoms with van der Waals surface area (Å²) < 4.78 is 4.80. The quantitative estimate of drug-likeness (QED) is 0.569. The average molecular weight is 185 g/mol. The molecule has 1 radical (unpaired) electrons. The first-order chi connectivity index (χ1) is 6.20. The van der Waals surface area contributed by atoms with Crippen molar-refractivity contribution in [3.05, 3.63) is 6.92 Å². The minimum absolute atomic E-state index is 0.157. The number of carbonyl (C=O) groups is 2. The number of carbonyl (C=O) groups excluding carboxylic acids is 2. The Morgan fingerprint density at radius 2 is 1.92 bits per heavy atom. The molecule has 0 amide bonds. The van der Waals surface area contributed by atoms with E-state index in [1.54, 1.807) is 0 Å². The second-order valence-electron chi connectivity index (χ2n) is 2.86. The highest BCUT2D eigenvalue weighted by Crippen LogP contribution is 1.96. The van der Waals surface area contributed by atoms with Gasteiger partial charge in [0.1, 0.15) is 5.78 Å². The zero-order chi connectivity index (χ0) is 10.1. The van der Waals surface area contributed by atoms with E-state index in [-0.39, 0.29) is 18.4 Å². The Morgan fingerprint density at radius 1 is 1.23 bits per heavy atom. The first-order valence-corrected chi connectivity index (χ1v) is 4.67. The number of hydrogen-bond acceptors (Lipinski definition) is 3. The van der Waals surface area contributed by atoms with E-state index >= 15 is 0 Å². The smallest absolute Gasteiger partial charge is 0.305 e. The fourth-order valence-electron chi connectivity index (χ4n) is 0.899. The Hall–Kier alpha value is -0.860. The van der Waals surface area contributed by atoms with Crippen LogP contribution in [0.25, 0.3) is 0 Å². The minimum atomic E-state index is -0.265. The van der Waals surface area contributed by atoms with Crippen molar-refractivity contribution < 1.29 is 14.3 Å². The summed E-state index contributed by atoms with van der Waals surface area (Å²) in [6.07, 6.45) is 2.65. The number of Topliss-reactive ketones (excluding diaryl/α,β-unsaturated/α-hetero) is 1. The molecule has 0 rings (SSSR count). The standard InChI is InChI=1S/C10H17O3/c1-3-5-9(11)7-8-13-10(12)6-4-2/h2-8H2,1H3. The predicted octanol–water partition coefficient (Wildman–Crippen LogP) is 1.90. The van der Waals surface area contributed by atoms with Crippen LogP contribution in [-0.4, -0.2) is 18.4 Å². The molecule has 0 atom stereocenters. The summed E-state index contributed by atoms with van der Waals surface area (Å²) in [5.41, 5.74) is 0. The van der Waals surface area contributed by atoms with Crippen LogP contribution in [0.15, 0.2) is 0 Å². The van der Waals surface area contributed by atoms with E-state index in [2.05, 4.69) is 6.92 Å². The molecule has 0 aromatic heterocycles. The maximum absolute atomic E-state index is 11.0. The maximum atomic E-state index is 11.0. The van der Waals surface area contributed by atoms with Gasteiger partial charge in [0.15, 0.2) is 0 Å². The lowest BCUT2D eigenvalue weighted by Gasteiger charge is -2.02. The Morgan fingerprint density at radius 3 is 2.46 bits per heavy atom. The summed E-state index contributed by atoms with van der Waals surface area (Å²) in [6.45, 7) is 5.70. The van der Waals surface area contributed by atoms with Crippen molar-refractivity contribution in [1.82, 2.24) is 0 Å². The van der Waals surface area contributed by atoms with Crippen molar-refractivity contribution in [2.45, 2.75) is 39.0 Å². The molecule has 3 heteroatoms. The van der Waals surface area contributed by atoms with E-state index in [9.17, 15) is 9.59 Å². The summed E-state index contributed by atoms with van der Waals surface area (Å²) in [4.78, 5) is 21.8. The number of esters is 1. The van der Waals surface area contributed by atoms with Crippen molar-refractivity contribution in [2.75, 3.05) is 6.61 Å². The molecule has 0 fully saturated rings. The van der Waals surface area contributed by atoms with Gasteiger partial charge in [-0.05, 0) is 12.8 Å². The topological polar surface area (TPSA) is 43.4 Å². The molecule has 13 heavy (non-hydrogen) atoms. The Labute approximate surface area is 79.5 Å². The molecule has 0 aliphatic carbocycles. The summed E-state index contributed by atoms with van der Waals surface area (Å²) in [5.74, 6) is -0.107. The lowest BCUT2D eigenvalue weighted by molar-refractivity contribution is -0.144. The van der Waals surface area contributed by atoms with Crippen molar-refractivity contribution in [3.63, 3.8) is 0 Å². The molecule has 0 aliphatic heterocycles. The average Bonchev–Trinajstić information content (AvgIpc) is 2.05. The molecular formula is C10H17O3. The van der Waals surface area contributed by atoms with Crippen molar-refractivity contribution in [3.8, 4) is 0 Å². The van der Waals surface area contributed by atoms with Crippen LogP contribution in [0.4, 0.5) is 0 Å². The first kappa shape index (κ1) is 12.1. The molecular weight excluding hydrogens is 168 g/mol. The van der Waals surface area contributed by atoms with Gasteiger partial charge in [-0.1, -0.05) is 13.8 Å². The fraction of sp³-hybridized carbons (Fsp3) is 0.700. The largest absolute Gasteiger partial charge is 0.465 e. The van der Waals surface area contributed by atoms with Crippen LogP contribution in [0.1, 0.15) is 39.0 Å². The van der Waals surface area contributed by atoms with E-state index in [1.165, 1.54) is 0 Å². The van der Waals surface area contributed by atoms with Gasteiger partial charge in [0.05, 0.1) is 6.61 Å². The van der Waals surface area contributed by atoms with Crippen LogP contribution in [0.3, 0.4) is 0 Å². The predicted molar refractivity (Wildman–Crippen MR) is 50.1 cm³/mol. The van der Waals surface area contributed by atoms with Crippen LogP contribution in [0, 0.1) is 6.92 Å². The molecule has 0 aromatic carbocycles. The summed E-state index contributed by atoms with van der Waals surface area (Å²) >= 11 is 0. The van der Waals surface area contributed by atoms with Gasteiger partial charge >= 0.3 is 5.97 Å². The van der Waals surface area contributed by atoms with Crippen molar-refractivity contribution in [1.29, 1.82) is 0 Å². The maximum Gasteiger partial charge on any atom is 0.305 e. The molecule has 0 bridgehead atoms. The first-order valence-electron chi connectivity index (χ1n) is 4.67. The molecule has 3 nitrogen and oxygen atoms in total. The SMILES string of the molecule is [CH2]CCC(=O)OCCC(=O)CCC. The van der Waals surface area contributed by atoms with Gasteiger partial charge in [0.2, 0.25) is 0 Å². The highest BCUT2D eigenvalue weighted by atomic mass is 16.5. The van der Waals surface area contributed by atoms with Crippen molar-refractivity contribution >= 4 is 11.8 Å². The van der Waals surface area contributed by atoms with Gasteiger partial charge in [-0.3, -0.25) is 9.59 Å². The zero-order valence-electron chi connectivity index (χ0n) is 8.17. The van der Waals surface area contributed by atoms with Gasteiger partial charge in [-0.25, -0.2) is 0 Å². The van der Waals surface area contributed by atoms with Gasteiger partial charge in [-0.15, -0.1) is 0 Å². The fourth-order valence-corrected chi connectivity index (χ4v) is 0.899. The van der Waals surface area contributed by atoms with E-state index in [1.807, 2.05) is 6.92 Å². The second-order valence-corrected chi connectivity index (χ2v) is 2.86. The third-order valence-corrected chi connectivity index (χ3v) is 1.55. The van der Waals surface area contributed by atoms with E-state index < -0.39 is 0 Å². The van der Waals surface area contributed by atoms with Gasteiger partial charge < -0.3 is 4.74 Å². The summed E-state index contributed by atoms with van der Waals surface area (Å²) in [7, 11) is 0. The van der Waals surface area contributed by atoms with Crippen molar-refractivity contribution in [2.24, 2.45) is 0 Å². The van der Waals surface area contributed by atoms with Crippen LogP contribution in [-0.2, 0) is 14.3 Å². The minimum Gasteiger partial charge on any atom is -0.465 e. The second kappa shape index (κ2) is 7.77. The molecule has 0 aliphatic rings. The highest BCUT2D eigenvalue weighted by Gasteiger charge is 2.03. The van der Waals surface area contributed by atoms with E-state index in [0.29, 0.717) is 25.7 Å². The number of rotatable bonds is 7. The Kier molecular flexibility index (Phi) is 7.26. The molecule has 0 N–H and O–H groups in total. The van der Waals surface area contributed by atoms with Crippen LogP contribution >= 0.6 is 0 Å². The molecule has 0 spiro atoms. The number of ether oxygens (including phenoxy) is 1. The zero-order valence-corrected chi connectivity index (χ0v) is 8.17. The lowest BCUT2D eigenvalue weighted by atomic mass is 10.2. The normalized spacial score (nSPS) is 9.69. The lowest BCUT2D eigenvalue weighted by Crippen LogP contribution is -2.09. The molecule has 0 saturated heterocycles.